The molecule has 0 aliphatic heterocycles. The van der Waals surface area contributed by atoms with Gasteiger partial charge in [-0.05, 0) is 56.3 Å². The second-order valence-electron chi connectivity index (χ2n) is 5.31. The SMILES string of the molecule is SNC12CC3CC(CC(C3)C1)C2. The normalized spacial score (nSPS) is 56.2. The zero-order chi connectivity index (χ0) is 8.18. The Labute approximate surface area is 79.8 Å². The van der Waals surface area contributed by atoms with Crippen LogP contribution in [0.3, 0.4) is 0 Å². The molecule has 0 unspecified atom stereocenters. The van der Waals surface area contributed by atoms with E-state index in [-0.39, 0.29) is 0 Å². The molecule has 4 rings (SSSR count). The van der Waals surface area contributed by atoms with E-state index in [4.69, 9.17) is 0 Å². The Morgan fingerprint density at radius 3 is 1.67 bits per heavy atom. The molecule has 4 fully saturated rings. The number of nitrogens with one attached hydrogen (secondary N) is 1. The second kappa shape index (κ2) is 2.42. The third-order valence-corrected chi connectivity index (χ3v) is 4.75. The van der Waals surface area contributed by atoms with Crippen molar-refractivity contribution in [2.45, 2.75) is 44.1 Å². The number of hydrogen-bond acceptors (Lipinski definition) is 2. The quantitative estimate of drug-likeness (QED) is 0.595. The first-order valence-corrected chi connectivity index (χ1v) is 5.66. The Bertz CT molecular complexity index is 167. The van der Waals surface area contributed by atoms with Gasteiger partial charge in [-0.2, -0.15) is 0 Å². The van der Waals surface area contributed by atoms with Crippen molar-refractivity contribution in [2.24, 2.45) is 17.8 Å². The highest BCUT2D eigenvalue weighted by Crippen LogP contribution is 2.55. The van der Waals surface area contributed by atoms with Crippen LogP contribution in [0.5, 0.6) is 0 Å². The molecule has 0 heterocycles. The minimum absolute atomic E-state index is 0.456. The summed E-state index contributed by atoms with van der Waals surface area (Å²) in [5.41, 5.74) is 0.456. The van der Waals surface area contributed by atoms with Gasteiger partial charge in [-0.1, -0.05) is 12.8 Å². The highest BCUT2D eigenvalue weighted by molar-refractivity contribution is 7.78. The molecule has 0 atom stereocenters. The monoisotopic (exact) mass is 183 g/mol. The molecule has 0 radical (unpaired) electrons. The van der Waals surface area contributed by atoms with Crippen molar-refractivity contribution in [2.75, 3.05) is 0 Å². The molecule has 4 aliphatic rings. The number of hydrogen-bond donors (Lipinski definition) is 2. The van der Waals surface area contributed by atoms with Crippen LogP contribution in [-0.4, -0.2) is 5.54 Å². The summed E-state index contributed by atoms with van der Waals surface area (Å²) in [5.74, 6) is 3.11. The molecule has 4 aliphatic carbocycles. The summed E-state index contributed by atoms with van der Waals surface area (Å²) in [5, 5.41) is 0. The lowest BCUT2D eigenvalue weighted by Crippen LogP contribution is -2.55. The summed E-state index contributed by atoms with van der Waals surface area (Å²) in [6.07, 6.45) is 8.78. The van der Waals surface area contributed by atoms with Crippen LogP contribution in [0.15, 0.2) is 0 Å². The first kappa shape index (κ1) is 7.69. The summed E-state index contributed by atoms with van der Waals surface area (Å²) in [4.78, 5) is 0. The van der Waals surface area contributed by atoms with Gasteiger partial charge in [0.1, 0.15) is 0 Å². The minimum Gasteiger partial charge on any atom is -0.261 e. The number of thiol groups is 1. The Morgan fingerprint density at radius 2 is 1.33 bits per heavy atom. The first-order chi connectivity index (χ1) is 5.80. The predicted octanol–water partition coefficient (Wildman–Crippen LogP) is 2.39. The zero-order valence-electron chi connectivity index (χ0n) is 7.42. The Balaban J connectivity index is 1.90. The molecule has 68 valence electrons. The molecule has 0 aromatic heterocycles. The van der Waals surface area contributed by atoms with Gasteiger partial charge in [0.05, 0.1) is 0 Å². The van der Waals surface area contributed by atoms with E-state index in [2.05, 4.69) is 17.5 Å². The van der Waals surface area contributed by atoms with E-state index < -0.39 is 0 Å². The maximum atomic E-state index is 4.32. The zero-order valence-corrected chi connectivity index (χ0v) is 8.32. The average Bonchev–Trinajstić information content (AvgIpc) is 2.02. The fourth-order valence-electron chi connectivity index (χ4n) is 4.25. The van der Waals surface area contributed by atoms with Crippen LogP contribution in [-0.2, 0) is 0 Å². The van der Waals surface area contributed by atoms with Crippen molar-refractivity contribution >= 4 is 12.8 Å². The molecule has 12 heavy (non-hydrogen) atoms. The smallest absolute Gasteiger partial charge is 0.0288 e. The Morgan fingerprint density at radius 1 is 0.917 bits per heavy atom. The van der Waals surface area contributed by atoms with Gasteiger partial charge in [0.2, 0.25) is 0 Å². The van der Waals surface area contributed by atoms with Crippen LogP contribution in [0, 0.1) is 17.8 Å². The van der Waals surface area contributed by atoms with E-state index in [9.17, 15) is 0 Å². The lowest BCUT2D eigenvalue weighted by atomic mass is 9.53. The highest BCUT2D eigenvalue weighted by Gasteiger charge is 2.50. The summed E-state index contributed by atoms with van der Waals surface area (Å²) in [6.45, 7) is 0. The van der Waals surface area contributed by atoms with E-state index in [1.54, 1.807) is 0 Å². The van der Waals surface area contributed by atoms with E-state index in [0.717, 1.165) is 17.8 Å². The standard InChI is InChI=1S/C10H17NS/c12-11-10-4-7-1-8(5-10)3-9(2-7)6-10/h7-9,11-12H,1-6H2. The van der Waals surface area contributed by atoms with Gasteiger partial charge in [0, 0.05) is 5.54 Å². The molecule has 0 aromatic rings. The summed E-state index contributed by atoms with van der Waals surface area (Å²) in [7, 11) is 0. The van der Waals surface area contributed by atoms with E-state index in [0.29, 0.717) is 5.54 Å². The molecule has 0 amide bonds. The number of rotatable bonds is 1. The van der Waals surface area contributed by atoms with Crippen LogP contribution in [0.1, 0.15) is 38.5 Å². The van der Waals surface area contributed by atoms with Crippen molar-refractivity contribution in [3.8, 4) is 0 Å². The van der Waals surface area contributed by atoms with Gasteiger partial charge in [0.15, 0.2) is 0 Å². The van der Waals surface area contributed by atoms with Gasteiger partial charge < -0.3 is 0 Å². The van der Waals surface area contributed by atoms with Crippen molar-refractivity contribution < 1.29 is 0 Å². The molecule has 2 heteroatoms. The molecule has 0 aromatic carbocycles. The van der Waals surface area contributed by atoms with E-state index in [1.165, 1.54) is 38.5 Å². The largest absolute Gasteiger partial charge is 0.261 e. The molecule has 1 N–H and O–H groups in total. The summed E-state index contributed by atoms with van der Waals surface area (Å²) >= 11 is 4.32. The molecule has 0 saturated heterocycles. The fraction of sp³-hybridized carbons (Fsp3) is 1.00. The van der Waals surface area contributed by atoms with Crippen LogP contribution in [0.4, 0.5) is 0 Å². The van der Waals surface area contributed by atoms with Crippen molar-refractivity contribution in [1.82, 2.24) is 4.72 Å². The van der Waals surface area contributed by atoms with Crippen molar-refractivity contribution in [1.29, 1.82) is 0 Å². The predicted molar refractivity (Wildman–Crippen MR) is 53.0 cm³/mol. The van der Waals surface area contributed by atoms with Gasteiger partial charge in [-0.25, -0.2) is 0 Å². The third-order valence-electron chi connectivity index (χ3n) is 4.28. The average molecular weight is 183 g/mol. The lowest BCUT2D eigenvalue weighted by Gasteiger charge is -2.56. The van der Waals surface area contributed by atoms with Crippen LogP contribution in [0.25, 0.3) is 0 Å². The molecule has 0 spiro atoms. The topological polar surface area (TPSA) is 12.0 Å². The highest BCUT2D eigenvalue weighted by atomic mass is 32.1. The minimum atomic E-state index is 0.456. The maximum Gasteiger partial charge on any atom is 0.0288 e. The maximum absolute atomic E-state index is 4.32. The molecular weight excluding hydrogens is 166 g/mol. The molecular formula is C10H17NS. The van der Waals surface area contributed by atoms with Gasteiger partial charge in [-0.15, -0.1) is 0 Å². The lowest BCUT2D eigenvalue weighted by molar-refractivity contribution is -0.00653. The first-order valence-electron chi connectivity index (χ1n) is 5.21. The van der Waals surface area contributed by atoms with Crippen molar-refractivity contribution in [3.05, 3.63) is 0 Å². The Kier molecular flexibility index (Phi) is 1.55. The molecule has 1 nitrogen and oxygen atoms in total. The fourth-order valence-corrected chi connectivity index (χ4v) is 4.52. The second-order valence-corrected chi connectivity index (χ2v) is 5.53. The van der Waals surface area contributed by atoms with E-state index >= 15 is 0 Å². The van der Waals surface area contributed by atoms with Crippen LogP contribution in [0.2, 0.25) is 0 Å². The van der Waals surface area contributed by atoms with Gasteiger partial charge >= 0.3 is 0 Å². The van der Waals surface area contributed by atoms with Crippen LogP contribution < -0.4 is 4.72 Å². The molecule has 4 saturated carbocycles. The third kappa shape index (κ3) is 0.973. The van der Waals surface area contributed by atoms with Crippen LogP contribution >= 0.6 is 12.8 Å². The van der Waals surface area contributed by atoms with E-state index in [1.807, 2.05) is 0 Å². The van der Waals surface area contributed by atoms with Crippen molar-refractivity contribution in [3.63, 3.8) is 0 Å². The van der Waals surface area contributed by atoms with Gasteiger partial charge in [-0.3, -0.25) is 4.72 Å². The molecule has 4 bridgehead atoms. The van der Waals surface area contributed by atoms with Gasteiger partial charge in [0.25, 0.3) is 0 Å². The summed E-state index contributed by atoms with van der Waals surface area (Å²) < 4.78 is 3.30. The summed E-state index contributed by atoms with van der Waals surface area (Å²) in [6, 6.07) is 0. The Hall–Kier alpha value is 0.310.